The van der Waals surface area contributed by atoms with E-state index in [-0.39, 0.29) is 0 Å². The van der Waals surface area contributed by atoms with E-state index in [0.717, 1.165) is 18.3 Å². The Kier molecular flexibility index (Phi) is 7.41. The van der Waals surface area contributed by atoms with E-state index in [4.69, 9.17) is 4.74 Å². The lowest BCUT2D eigenvalue weighted by molar-refractivity contribution is 0.340. The summed E-state index contributed by atoms with van der Waals surface area (Å²) in [6.45, 7) is 7.27. The lowest BCUT2D eigenvalue weighted by atomic mass is 9.91. The predicted octanol–water partition coefficient (Wildman–Crippen LogP) is 5.74. The number of halogens is 1. The Labute approximate surface area is 120 Å². The third-order valence-electron chi connectivity index (χ3n) is 3.24. The maximum Gasteiger partial charge on any atom is 0.119 e. The standard InChI is InChI=1S/C16H25BrO/c1-4-7-13(8-5-2)16(17)14-9-11-15(12-10-14)18-6-3/h9-13,16H,4-8H2,1-3H3. The molecule has 0 fully saturated rings. The molecule has 0 heterocycles. The van der Waals surface area contributed by atoms with Gasteiger partial charge in [0.05, 0.1) is 6.61 Å². The van der Waals surface area contributed by atoms with Crippen LogP contribution >= 0.6 is 15.9 Å². The molecule has 0 saturated heterocycles. The average molecular weight is 313 g/mol. The van der Waals surface area contributed by atoms with Crippen LogP contribution in [0.1, 0.15) is 56.8 Å². The van der Waals surface area contributed by atoms with Gasteiger partial charge in [-0.1, -0.05) is 54.8 Å². The van der Waals surface area contributed by atoms with Crippen LogP contribution in [0.3, 0.4) is 0 Å². The van der Waals surface area contributed by atoms with Crippen molar-refractivity contribution in [3.8, 4) is 5.75 Å². The van der Waals surface area contributed by atoms with Crippen LogP contribution in [0.15, 0.2) is 24.3 Å². The van der Waals surface area contributed by atoms with Crippen molar-refractivity contribution in [2.75, 3.05) is 6.61 Å². The zero-order valence-corrected chi connectivity index (χ0v) is 13.4. The van der Waals surface area contributed by atoms with Crippen LogP contribution in [0, 0.1) is 5.92 Å². The maximum atomic E-state index is 5.48. The van der Waals surface area contributed by atoms with Crippen LogP contribution in [-0.2, 0) is 0 Å². The monoisotopic (exact) mass is 312 g/mol. The smallest absolute Gasteiger partial charge is 0.119 e. The van der Waals surface area contributed by atoms with Crippen molar-refractivity contribution < 1.29 is 4.74 Å². The first-order valence-corrected chi connectivity index (χ1v) is 8.01. The minimum atomic E-state index is 0.466. The largest absolute Gasteiger partial charge is 0.494 e. The summed E-state index contributed by atoms with van der Waals surface area (Å²) >= 11 is 3.88. The minimum absolute atomic E-state index is 0.466. The van der Waals surface area contributed by atoms with Crippen LogP contribution in [0.4, 0.5) is 0 Å². The molecule has 0 aliphatic heterocycles. The summed E-state index contributed by atoms with van der Waals surface area (Å²) in [4.78, 5) is 0.466. The summed E-state index contributed by atoms with van der Waals surface area (Å²) in [5, 5.41) is 0. The Bertz CT molecular complexity index is 314. The summed E-state index contributed by atoms with van der Waals surface area (Å²) in [6, 6.07) is 8.51. The third-order valence-corrected chi connectivity index (χ3v) is 4.52. The Hall–Kier alpha value is -0.500. The third kappa shape index (κ3) is 4.64. The summed E-state index contributed by atoms with van der Waals surface area (Å²) in [5.41, 5.74) is 1.37. The molecular weight excluding hydrogens is 288 g/mol. The molecule has 0 aliphatic rings. The number of ether oxygens (including phenoxy) is 1. The highest BCUT2D eigenvalue weighted by Gasteiger charge is 2.18. The van der Waals surface area contributed by atoms with Gasteiger partial charge in [0.1, 0.15) is 5.75 Å². The van der Waals surface area contributed by atoms with Crippen molar-refractivity contribution in [1.82, 2.24) is 0 Å². The van der Waals surface area contributed by atoms with Gasteiger partial charge in [0.15, 0.2) is 0 Å². The lowest BCUT2D eigenvalue weighted by Crippen LogP contribution is -2.07. The van der Waals surface area contributed by atoms with E-state index in [1.165, 1.54) is 31.2 Å². The van der Waals surface area contributed by atoms with E-state index < -0.39 is 0 Å². The molecule has 0 amide bonds. The molecule has 1 atom stereocenters. The number of alkyl halides is 1. The Morgan fingerprint density at radius 2 is 1.56 bits per heavy atom. The molecule has 102 valence electrons. The highest BCUT2D eigenvalue weighted by molar-refractivity contribution is 9.09. The highest BCUT2D eigenvalue weighted by atomic mass is 79.9. The van der Waals surface area contributed by atoms with Crippen molar-refractivity contribution >= 4 is 15.9 Å². The van der Waals surface area contributed by atoms with Gasteiger partial charge in [0.25, 0.3) is 0 Å². The number of hydrogen-bond donors (Lipinski definition) is 0. The molecule has 0 aromatic heterocycles. The van der Waals surface area contributed by atoms with Gasteiger partial charge in [-0.2, -0.15) is 0 Å². The quantitative estimate of drug-likeness (QED) is 0.556. The molecule has 0 radical (unpaired) electrons. The second-order valence-corrected chi connectivity index (χ2v) is 5.73. The zero-order chi connectivity index (χ0) is 13.4. The summed E-state index contributed by atoms with van der Waals surface area (Å²) in [7, 11) is 0. The number of benzene rings is 1. The van der Waals surface area contributed by atoms with Gasteiger partial charge in [0.2, 0.25) is 0 Å². The Balaban J connectivity index is 2.70. The van der Waals surface area contributed by atoms with Gasteiger partial charge < -0.3 is 4.74 Å². The molecule has 0 spiro atoms. The molecule has 1 aromatic rings. The van der Waals surface area contributed by atoms with Crippen molar-refractivity contribution in [3.63, 3.8) is 0 Å². The molecule has 0 bridgehead atoms. The molecule has 0 N–H and O–H groups in total. The van der Waals surface area contributed by atoms with E-state index >= 15 is 0 Å². The summed E-state index contributed by atoms with van der Waals surface area (Å²) in [6.07, 6.45) is 5.08. The van der Waals surface area contributed by atoms with Gasteiger partial charge in [-0.25, -0.2) is 0 Å². The van der Waals surface area contributed by atoms with Crippen LogP contribution in [0.25, 0.3) is 0 Å². The predicted molar refractivity (Wildman–Crippen MR) is 82.6 cm³/mol. The first-order chi connectivity index (χ1) is 8.72. The van der Waals surface area contributed by atoms with Crippen LogP contribution in [-0.4, -0.2) is 6.61 Å². The topological polar surface area (TPSA) is 9.23 Å². The lowest BCUT2D eigenvalue weighted by Gasteiger charge is -2.22. The van der Waals surface area contributed by atoms with Crippen molar-refractivity contribution in [2.24, 2.45) is 5.92 Å². The molecular formula is C16H25BrO. The first-order valence-electron chi connectivity index (χ1n) is 7.09. The Morgan fingerprint density at radius 3 is 2.00 bits per heavy atom. The van der Waals surface area contributed by atoms with E-state index in [1.54, 1.807) is 0 Å². The van der Waals surface area contributed by atoms with E-state index in [2.05, 4.69) is 54.0 Å². The summed E-state index contributed by atoms with van der Waals surface area (Å²) in [5.74, 6) is 1.70. The fourth-order valence-corrected chi connectivity index (χ4v) is 3.20. The summed E-state index contributed by atoms with van der Waals surface area (Å²) < 4.78 is 5.48. The molecule has 1 nitrogen and oxygen atoms in total. The van der Waals surface area contributed by atoms with Crippen molar-refractivity contribution in [2.45, 2.75) is 51.3 Å². The Morgan fingerprint density at radius 1 is 1.00 bits per heavy atom. The SMILES string of the molecule is CCCC(CCC)C(Br)c1ccc(OCC)cc1. The van der Waals surface area contributed by atoms with Crippen LogP contribution in [0.2, 0.25) is 0 Å². The molecule has 2 heteroatoms. The molecule has 1 aromatic carbocycles. The van der Waals surface area contributed by atoms with E-state index in [9.17, 15) is 0 Å². The zero-order valence-electron chi connectivity index (χ0n) is 11.8. The van der Waals surface area contributed by atoms with Gasteiger partial charge in [-0.15, -0.1) is 0 Å². The van der Waals surface area contributed by atoms with E-state index in [1.807, 2.05) is 6.92 Å². The second kappa shape index (κ2) is 8.58. The molecule has 0 aliphatic carbocycles. The second-order valence-electron chi connectivity index (χ2n) is 4.74. The number of hydrogen-bond acceptors (Lipinski definition) is 1. The van der Waals surface area contributed by atoms with Gasteiger partial charge in [0, 0.05) is 4.83 Å². The van der Waals surface area contributed by atoms with Crippen molar-refractivity contribution in [1.29, 1.82) is 0 Å². The van der Waals surface area contributed by atoms with Crippen LogP contribution < -0.4 is 4.74 Å². The average Bonchev–Trinajstić information content (AvgIpc) is 2.39. The molecule has 0 saturated carbocycles. The highest BCUT2D eigenvalue weighted by Crippen LogP contribution is 2.37. The normalized spacial score (nSPS) is 12.7. The number of rotatable bonds is 8. The van der Waals surface area contributed by atoms with E-state index in [0.29, 0.717) is 4.83 Å². The van der Waals surface area contributed by atoms with Crippen LogP contribution in [0.5, 0.6) is 5.75 Å². The van der Waals surface area contributed by atoms with Crippen molar-refractivity contribution in [3.05, 3.63) is 29.8 Å². The molecule has 1 unspecified atom stereocenters. The van der Waals surface area contributed by atoms with Gasteiger partial charge in [-0.3, -0.25) is 0 Å². The maximum absolute atomic E-state index is 5.48. The fraction of sp³-hybridized carbons (Fsp3) is 0.625. The van der Waals surface area contributed by atoms with Gasteiger partial charge in [-0.05, 0) is 43.4 Å². The molecule has 1 rings (SSSR count). The first kappa shape index (κ1) is 15.6. The molecule has 18 heavy (non-hydrogen) atoms. The van der Waals surface area contributed by atoms with Gasteiger partial charge >= 0.3 is 0 Å². The minimum Gasteiger partial charge on any atom is -0.494 e. The fourth-order valence-electron chi connectivity index (χ4n) is 2.37.